The van der Waals surface area contributed by atoms with Gasteiger partial charge in [-0.15, -0.1) is 0 Å². The number of nitrogens with two attached hydrogens (primary N) is 1. The molecule has 0 aromatic heterocycles. The highest BCUT2D eigenvalue weighted by Crippen LogP contribution is 2.23. The molecule has 1 saturated heterocycles. The van der Waals surface area contributed by atoms with E-state index < -0.39 is 11.9 Å². The minimum atomic E-state index is -3.43. The summed E-state index contributed by atoms with van der Waals surface area (Å²) in [6.07, 6.45) is 0. The van der Waals surface area contributed by atoms with Gasteiger partial charge in [-0.1, -0.05) is 0 Å². The number of halogens is 3. The van der Waals surface area contributed by atoms with Crippen molar-refractivity contribution in [2.75, 3.05) is 13.1 Å². The molecule has 1 aliphatic rings. The van der Waals surface area contributed by atoms with Crippen molar-refractivity contribution in [3.8, 4) is 0 Å². The second-order valence-corrected chi connectivity index (χ2v) is 4.17. The molecule has 1 heterocycles. The third-order valence-corrected chi connectivity index (χ3v) is 2.79. The predicted molar refractivity (Wildman–Crippen MR) is 58.0 cm³/mol. The third-order valence-electron chi connectivity index (χ3n) is 2.79. The van der Waals surface area contributed by atoms with Gasteiger partial charge in [0.25, 0.3) is 0 Å². The van der Waals surface area contributed by atoms with Gasteiger partial charge in [-0.05, 0) is 18.2 Å². The molecular weight excluding hydrogens is 231 g/mol. The fraction of sp³-hybridized carbons (Fsp3) is 0.455. The van der Waals surface area contributed by atoms with E-state index in [0.29, 0.717) is 0 Å². The average molecular weight is 245 g/mol. The Kier molecular flexibility index (Phi) is 3.37. The standard InChI is InChI=1S/C11H14F3N3/c12-10-2-1-8(11(13,14)15)3-7(10)4-17-9-5-16-6-9/h1-3,9,16-17H,4-6,15H2. The molecule has 1 aromatic carbocycles. The SMILES string of the molecule is NC(F)(F)c1ccc(F)c(CNC2CNC2)c1. The molecule has 0 atom stereocenters. The fourth-order valence-electron chi connectivity index (χ4n) is 1.60. The second-order valence-electron chi connectivity index (χ2n) is 4.17. The Hall–Kier alpha value is -1.11. The minimum Gasteiger partial charge on any atom is -0.314 e. The molecule has 94 valence electrons. The van der Waals surface area contributed by atoms with Gasteiger partial charge in [0.1, 0.15) is 5.82 Å². The molecule has 1 fully saturated rings. The molecule has 3 nitrogen and oxygen atoms in total. The lowest BCUT2D eigenvalue weighted by atomic mass is 10.1. The molecule has 0 aliphatic carbocycles. The smallest absolute Gasteiger partial charge is 0.314 e. The number of nitrogens with one attached hydrogen (secondary N) is 2. The first-order valence-corrected chi connectivity index (χ1v) is 5.36. The Morgan fingerprint density at radius 1 is 1.41 bits per heavy atom. The summed E-state index contributed by atoms with van der Waals surface area (Å²) in [5.41, 5.74) is 4.52. The summed E-state index contributed by atoms with van der Waals surface area (Å²) >= 11 is 0. The number of benzene rings is 1. The zero-order chi connectivity index (χ0) is 12.5. The molecule has 0 amide bonds. The van der Waals surface area contributed by atoms with Crippen LogP contribution >= 0.6 is 0 Å². The largest absolute Gasteiger partial charge is 0.326 e. The molecule has 17 heavy (non-hydrogen) atoms. The normalized spacial score (nSPS) is 16.9. The van der Waals surface area contributed by atoms with Crippen LogP contribution in [0.2, 0.25) is 0 Å². The van der Waals surface area contributed by atoms with Crippen molar-refractivity contribution in [1.29, 1.82) is 0 Å². The van der Waals surface area contributed by atoms with E-state index in [1.807, 2.05) is 0 Å². The monoisotopic (exact) mass is 245 g/mol. The molecule has 4 N–H and O–H groups in total. The van der Waals surface area contributed by atoms with Crippen LogP contribution in [0.5, 0.6) is 0 Å². The summed E-state index contributed by atoms with van der Waals surface area (Å²) in [5.74, 6) is -0.502. The molecular formula is C11H14F3N3. The molecule has 0 saturated carbocycles. The number of hydrogen-bond acceptors (Lipinski definition) is 3. The molecule has 2 rings (SSSR count). The van der Waals surface area contributed by atoms with Crippen molar-refractivity contribution in [1.82, 2.24) is 10.6 Å². The Balaban J connectivity index is 2.08. The van der Waals surface area contributed by atoms with Gasteiger partial charge in [-0.2, -0.15) is 8.78 Å². The highest BCUT2D eigenvalue weighted by molar-refractivity contribution is 5.27. The first kappa shape index (κ1) is 12.3. The van der Waals surface area contributed by atoms with E-state index in [2.05, 4.69) is 16.4 Å². The van der Waals surface area contributed by atoms with E-state index in [1.54, 1.807) is 0 Å². The van der Waals surface area contributed by atoms with E-state index in [-0.39, 0.29) is 23.7 Å². The van der Waals surface area contributed by atoms with Crippen LogP contribution in [0.3, 0.4) is 0 Å². The van der Waals surface area contributed by atoms with Crippen molar-refractivity contribution in [3.63, 3.8) is 0 Å². The van der Waals surface area contributed by atoms with Gasteiger partial charge in [0.2, 0.25) is 0 Å². The molecule has 1 aromatic rings. The number of rotatable bonds is 4. The molecule has 1 aliphatic heterocycles. The molecule has 6 heteroatoms. The van der Waals surface area contributed by atoms with Crippen molar-refractivity contribution < 1.29 is 13.2 Å². The second kappa shape index (κ2) is 4.64. The Bertz CT molecular complexity index is 399. The Labute approximate surface area is 97.2 Å². The van der Waals surface area contributed by atoms with E-state index in [9.17, 15) is 13.2 Å². The predicted octanol–water partition coefficient (Wildman–Crippen LogP) is 0.895. The summed E-state index contributed by atoms with van der Waals surface area (Å²) in [5, 5.41) is 6.12. The van der Waals surface area contributed by atoms with Gasteiger partial charge < -0.3 is 10.6 Å². The molecule has 0 spiro atoms. The third kappa shape index (κ3) is 2.96. The van der Waals surface area contributed by atoms with Crippen LogP contribution in [0.4, 0.5) is 13.2 Å². The number of hydrogen-bond donors (Lipinski definition) is 3. The van der Waals surface area contributed by atoms with Crippen LogP contribution in [-0.4, -0.2) is 19.1 Å². The zero-order valence-corrected chi connectivity index (χ0v) is 9.14. The van der Waals surface area contributed by atoms with E-state index in [1.165, 1.54) is 0 Å². The Morgan fingerprint density at radius 3 is 2.65 bits per heavy atom. The van der Waals surface area contributed by atoms with Crippen LogP contribution in [0, 0.1) is 5.82 Å². The quantitative estimate of drug-likeness (QED) is 0.691. The van der Waals surface area contributed by atoms with E-state index in [4.69, 9.17) is 0 Å². The highest BCUT2D eigenvalue weighted by atomic mass is 19.3. The van der Waals surface area contributed by atoms with Gasteiger partial charge in [-0.3, -0.25) is 5.73 Å². The Morgan fingerprint density at radius 2 is 2.12 bits per heavy atom. The van der Waals surface area contributed by atoms with Gasteiger partial charge in [0.05, 0.1) is 0 Å². The zero-order valence-electron chi connectivity index (χ0n) is 9.14. The average Bonchev–Trinajstić information content (AvgIpc) is 2.16. The van der Waals surface area contributed by atoms with Gasteiger partial charge in [-0.25, -0.2) is 4.39 Å². The first-order chi connectivity index (χ1) is 7.97. The maximum atomic E-state index is 13.4. The van der Waals surface area contributed by atoms with Crippen LogP contribution in [-0.2, 0) is 12.6 Å². The van der Waals surface area contributed by atoms with Crippen LogP contribution in [0.1, 0.15) is 11.1 Å². The van der Waals surface area contributed by atoms with Gasteiger partial charge >= 0.3 is 6.05 Å². The molecule has 0 radical (unpaired) electrons. The van der Waals surface area contributed by atoms with Gasteiger partial charge in [0, 0.05) is 36.8 Å². The number of alkyl halides is 2. The van der Waals surface area contributed by atoms with Crippen molar-refractivity contribution in [2.24, 2.45) is 5.73 Å². The van der Waals surface area contributed by atoms with E-state index in [0.717, 1.165) is 31.3 Å². The fourth-order valence-corrected chi connectivity index (χ4v) is 1.60. The van der Waals surface area contributed by atoms with Gasteiger partial charge in [0.15, 0.2) is 0 Å². The summed E-state index contributed by atoms with van der Waals surface area (Å²) in [6.45, 7) is 1.85. The minimum absolute atomic E-state index is 0.208. The van der Waals surface area contributed by atoms with Crippen LogP contribution in [0.15, 0.2) is 18.2 Å². The maximum Gasteiger partial charge on any atom is 0.326 e. The molecule has 0 bridgehead atoms. The van der Waals surface area contributed by atoms with E-state index >= 15 is 0 Å². The summed E-state index contributed by atoms with van der Waals surface area (Å²) in [4.78, 5) is 0. The maximum absolute atomic E-state index is 13.4. The summed E-state index contributed by atoms with van der Waals surface area (Å²) < 4.78 is 39.1. The highest BCUT2D eigenvalue weighted by Gasteiger charge is 2.26. The van der Waals surface area contributed by atoms with Crippen LogP contribution < -0.4 is 16.4 Å². The molecule has 0 unspecified atom stereocenters. The lowest BCUT2D eigenvalue weighted by molar-refractivity contribution is 0.00283. The van der Waals surface area contributed by atoms with Crippen LogP contribution in [0.25, 0.3) is 0 Å². The summed E-state index contributed by atoms with van der Waals surface area (Å²) in [7, 11) is 0. The topological polar surface area (TPSA) is 50.1 Å². The van der Waals surface area contributed by atoms with Crippen molar-refractivity contribution in [2.45, 2.75) is 18.6 Å². The van der Waals surface area contributed by atoms with Crippen molar-refractivity contribution >= 4 is 0 Å². The first-order valence-electron chi connectivity index (χ1n) is 5.36. The summed E-state index contributed by atoms with van der Waals surface area (Å²) in [6, 6.07) is -0.0263. The lowest BCUT2D eigenvalue weighted by Crippen LogP contribution is -2.55. The van der Waals surface area contributed by atoms with Crippen molar-refractivity contribution in [3.05, 3.63) is 35.1 Å². The lowest BCUT2D eigenvalue weighted by Gasteiger charge is -2.28.